The Morgan fingerprint density at radius 2 is 1.83 bits per heavy atom. The van der Waals surface area contributed by atoms with Crippen molar-refractivity contribution < 1.29 is 17.9 Å². The second kappa shape index (κ2) is 10.8. The maximum Gasteiger partial charge on any atom is 0.264 e. The molecule has 8 heteroatoms. The van der Waals surface area contributed by atoms with Crippen molar-refractivity contribution in [1.29, 1.82) is 0 Å². The molecule has 3 aromatic carbocycles. The molecule has 0 spiro atoms. The Hall–Kier alpha value is -3.52. The Kier molecular flexibility index (Phi) is 7.60. The van der Waals surface area contributed by atoms with Gasteiger partial charge in [0.1, 0.15) is 12.3 Å². The largest absolute Gasteiger partial charge is 0.497 e. The number of methoxy groups -OCH3 is 1. The van der Waals surface area contributed by atoms with E-state index in [9.17, 15) is 13.2 Å². The number of hydrogen-bond acceptors (Lipinski definition) is 5. The van der Waals surface area contributed by atoms with Gasteiger partial charge < -0.3 is 15.0 Å². The van der Waals surface area contributed by atoms with Gasteiger partial charge in [0.15, 0.2) is 0 Å². The number of nitrogens with one attached hydrogen (secondary N) is 1. The molecule has 0 aromatic heterocycles. The third kappa shape index (κ3) is 5.77. The maximum atomic E-state index is 13.5. The van der Waals surface area contributed by atoms with E-state index in [0.717, 1.165) is 35.8 Å². The van der Waals surface area contributed by atoms with E-state index in [1.54, 1.807) is 48.5 Å². The first-order valence-electron chi connectivity index (χ1n) is 11.7. The van der Waals surface area contributed by atoms with Crippen LogP contribution in [0.5, 0.6) is 5.75 Å². The summed E-state index contributed by atoms with van der Waals surface area (Å²) in [4.78, 5) is 15.3. The Bertz CT molecular complexity index is 1280. The van der Waals surface area contributed by atoms with Crippen molar-refractivity contribution in [2.24, 2.45) is 0 Å². The highest BCUT2D eigenvalue weighted by molar-refractivity contribution is 7.92. The number of fused-ring (bicyclic) bond motifs is 1. The Morgan fingerprint density at radius 1 is 1.06 bits per heavy atom. The van der Waals surface area contributed by atoms with Gasteiger partial charge >= 0.3 is 0 Å². The lowest BCUT2D eigenvalue weighted by molar-refractivity contribution is -0.119. The van der Waals surface area contributed by atoms with Crippen LogP contribution in [0.1, 0.15) is 17.5 Å². The molecule has 1 aliphatic heterocycles. The number of benzene rings is 3. The first kappa shape index (κ1) is 24.6. The highest BCUT2D eigenvalue weighted by atomic mass is 32.2. The van der Waals surface area contributed by atoms with Crippen LogP contribution in [-0.2, 0) is 21.2 Å². The number of nitrogens with zero attached hydrogens (tertiary/aromatic N) is 2. The predicted molar refractivity (Wildman–Crippen MR) is 139 cm³/mol. The third-order valence-electron chi connectivity index (χ3n) is 6.15. The van der Waals surface area contributed by atoms with Crippen molar-refractivity contribution in [2.45, 2.75) is 24.7 Å². The summed E-state index contributed by atoms with van der Waals surface area (Å²) in [6.45, 7) is 3.85. The minimum absolute atomic E-state index is 0.131. The van der Waals surface area contributed by atoms with Crippen molar-refractivity contribution in [3.8, 4) is 5.75 Å². The Morgan fingerprint density at radius 3 is 2.60 bits per heavy atom. The van der Waals surface area contributed by atoms with E-state index in [1.165, 1.54) is 18.4 Å². The molecular formula is C27H31N3O4S. The molecule has 1 N–H and O–H groups in total. The van der Waals surface area contributed by atoms with Crippen molar-refractivity contribution in [1.82, 2.24) is 5.32 Å². The standard InChI is InChI=1S/C27H31N3O4S/c1-21-11-13-25(14-12-21)35(32,33)30(23-8-5-9-24(19-23)34-2)20-27(31)28-16-6-17-29-18-15-22-7-3-4-10-26(22)29/h3-5,7-14,19H,6,15-18,20H2,1-2H3,(H,28,31). The van der Waals surface area contributed by atoms with Crippen LogP contribution in [0, 0.1) is 6.92 Å². The van der Waals surface area contributed by atoms with E-state index in [1.807, 2.05) is 13.0 Å². The fraction of sp³-hybridized carbons (Fsp3) is 0.296. The third-order valence-corrected chi connectivity index (χ3v) is 7.94. The molecule has 0 aliphatic carbocycles. The number of aryl methyl sites for hydroxylation is 1. The lowest BCUT2D eigenvalue weighted by Crippen LogP contribution is -2.41. The minimum atomic E-state index is -3.96. The van der Waals surface area contributed by atoms with Crippen LogP contribution >= 0.6 is 0 Å². The number of amides is 1. The molecule has 0 bridgehead atoms. The van der Waals surface area contributed by atoms with Gasteiger partial charge in [-0.1, -0.05) is 42.0 Å². The van der Waals surface area contributed by atoms with Crippen LogP contribution in [0.2, 0.25) is 0 Å². The summed E-state index contributed by atoms with van der Waals surface area (Å²) in [5, 5.41) is 2.89. The highest BCUT2D eigenvalue weighted by Gasteiger charge is 2.27. The normalized spacial score (nSPS) is 12.8. The zero-order chi connectivity index (χ0) is 24.8. The van der Waals surface area contributed by atoms with Crippen LogP contribution in [0.15, 0.2) is 77.7 Å². The molecule has 1 heterocycles. The van der Waals surface area contributed by atoms with Gasteiger partial charge in [0, 0.05) is 31.4 Å². The summed E-state index contributed by atoms with van der Waals surface area (Å²) in [6, 6.07) is 21.7. The molecule has 0 unspecified atom stereocenters. The monoisotopic (exact) mass is 493 g/mol. The van der Waals surface area contributed by atoms with Gasteiger partial charge in [0.05, 0.1) is 17.7 Å². The molecule has 1 aliphatic rings. The summed E-state index contributed by atoms with van der Waals surface area (Å²) in [5.41, 5.74) is 3.93. The van der Waals surface area contributed by atoms with E-state index < -0.39 is 10.0 Å². The van der Waals surface area contributed by atoms with Crippen molar-refractivity contribution in [3.05, 3.63) is 83.9 Å². The lowest BCUT2D eigenvalue weighted by Gasteiger charge is -2.25. The number of anilines is 2. The molecule has 1 amide bonds. The average molecular weight is 494 g/mol. The number of ether oxygens (including phenoxy) is 1. The number of para-hydroxylation sites is 1. The van der Waals surface area contributed by atoms with Crippen LogP contribution in [0.3, 0.4) is 0 Å². The lowest BCUT2D eigenvalue weighted by atomic mass is 10.2. The maximum absolute atomic E-state index is 13.5. The van der Waals surface area contributed by atoms with Crippen molar-refractivity contribution in [2.75, 3.05) is 42.5 Å². The quantitative estimate of drug-likeness (QED) is 0.435. The van der Waals surface area contributed by atoms with Gasteiger partial charge in [-0.15, -0.1) is 0 Å². The first-order valence-corrected chi connectivity index (χ1v) is 13.2. The molecule has 4 rings (SSSR count). The summed E-state index contributed by atoms with van der Waals surface area (Å²) in [7, 11) is -2.44. The number of carbonyl (C=O) groups is 1. The molecule has 0 atom stereocenters. The van der Waals surface area contributed by atoms with Crippen molar-refractivity contribution >= 4 is 27.3 Å². The summed E-state index contributed by atoms with van der Waals surface area (Å²) >= 11 is 0. The van der Waals surface area contributed by atoms with Gasteiger partial charge in [0.25, 0.3) is 10.0 Å². The number of sulfonamides is 1. The van der Waals surface area contributed by atoms with E-state index in [0.29, 0.717) is 18.0 Å². The summed E-state index contributed by atoms with van der Waals surface area (Å²) < 4.78 is 33.4. The summed E-state index contributed by atoms with van der Waals surface area (Å²) in [6.07, 6.45) is 1.80. The fourth-order valence-electron chi connectivity index (χ4n) is 4.24. The van der Waals surface area contributed by atoms with Crippen LogP contribution < -0.4 is 19.3 Å². The van der Waals surface area contributed by atoms with Crippen LogP contribution in [-0.4, -0.2) is 47.6 Å². The Balaban J connectivity index is 1.43. The van der Waals surface area contributed by atoms with E-state index in [2.05, 4.69) is 28.4 Å². The Labute approximate surface area is 207 Å². The minimum Gasteiger partial charge on any atom is -0.497 e. The number of hydrogen-bond donors (Lipinski definition) is 1. The van der Waals surface area contributed by atoms with E-state index in [4.69, 9.17) is 4.74 Å². The van der Waals surface area contributed by atoms with Gasteiger partial charge in [0.2, 0.25) is 5.91 Å². The SMILES string of the molecule is COc1cccc(N(CC(=O)NCCCN2CCc3ccccc32)S(=O)(=O)c2ccc(C)cc2)c1. The molecular weight excluding hydrogens is 462 g/mol. The smallest absolute Gasteiger partial charge is 0.264 e. The van der Waals surface area contributed by atoms with E-state index >= 15 is 0 Å². The highest BCUT2D eigenvalue weighted by Crippen LogP contribution is 2.28. The number of rotatable bonds is 10. The second-order valence-electron chi connectivity index (χ2n) is 8.60. The molecule has 0 saturated carbocycles. The average Bonchev–Trinajstić information content (AvgIpc) is 3.28. The molecule has 35 heavy (non-hydrogen) atoms. The molecule has 0 saturated heterocycles. The van der Waals surface area contributed by atoms with Crippen molar-refractivity contribution in [3.63, 3.8) is 0 Å². The van der Waals surface area contributed by atoms with E-state index in [-0.39, 0.29) is 17.3 Å². The zero-order valence-corrected chi connectivity index (χ0v) is 20.9. The molecule has 0 fully saturated rings. The topological polar surface area (TPSA) is 79.0 Å². The second-order valence-corrected chi connectivity index (χ2v) is 10.5. The van der Waals surface area contributed by atoms with Gasteiger partial charge in [-0.25, -0.2) is 8.42 Å². The zero-order valence-electron chi connectivity index (χ0n) is 20.1. The first-order chi connectivity index (χ1) is 16.9. The van der Waals surface area contributed by atoms with Gasteiger partial charge in [-0.05, 0) is 55.7 Å². The number of carbonyl (C=O) groups excluding carboxylic acids is 1. The molecule has 0 radical (unpaired) electrons. The summed E-state index contributed by atoms with van der Waals surface area (Å²) in [5.74, 6) is 0.156. The van der Waals surface area contributed by atoms with Crippen LogP contribution in [0.4, 0.5) is 11.4 Å². The molecule has 184 valence electrons. The van der Waals surface area contributed by atoms with Gasteiger partial charge in [-0.2, -0.15) is 0 Å². The van der Waals surface area contributed by atoms with Gasteiger partial charge in [-0.3, -0.25) is 9.10 Å². The fourth-order valence-corrected chi connectivity index (χ4v) is 5.65. The predicted octanol–water partition coefficient (Wildman–Crippen LogP) is 3.77. The molecule has 7 nitrogen and oxygen atoms in total. The molecule has 3 aromatic rings. The van der Waals surface area contributed by atoms with Crippen LogP contribution in [0.25, 0.3) is 0 Å².